The molecule has 0 aliphatic carbocycles. The molecule has 1 heterocycles. The summed E-state index contributed by atoms with van der Waals surface area (Å²) in [5.74, 6) is 0.929. The Morgan fingerprint density at radius 2 is 2.33 bits per heavy atom. The molecule has 0 aromatic heterocycles. The first-order valence-electron chi connectivity index (χ1n) is 5.16. The van der Waals surface area contributed by atoms with Crippen molar-refractivity contribution in [1.82, 2.24) is 5.32 Å². The van der Waals surface area contributed by atoms with E-state index < -0.39 is 0 Å². The van der Waals surface area contributed by atoms with E-state index in [9.17, 15) is 4.79 Å². The van der Waals surface area contributed by atoms with Crippen molar-refractivity contribution in [2.75, 3.05) is 13.7 Å². The number of hydrogen-bond donors (Lipinski definition) is 1. The number of β-lactam (4-membered cyclic amide) rings is 1. The maximum absolute atomic E-state index is 11.6. The van der Waals surface area contributed by atoms with Gasteiger partial charge in [-0.1, -0.05) is 19.1 Å². The molecule has 1 saturated heterocycles. The zero-order chi connectivity index (χ0) is 10.9. The summed E-state index contributed by atoms with van der Waals surface area (Å²) in [4.78, 5) is 11.6. The van der Waals surface area contributed by atoms with Crippen molar-refractivity contribution in [2.24, 2.45) is 0 Å². The van der Waals surface area contributed by atoms with Crippen molar-refractivity contribution >= 4 is 5.91 Å². The van der Waals surface area contributed by atoms with Crippen LogP contribution in [-0.4, -0.2) is 19.6 Å². The van der Waals surface area contributed by atoms with Crippen molar-refractivity contribution in [3.8, 4) is 5.75 Å². The number of hydrogen-bond acceptors (Lipinski definition) is 2. The number of nitrogens with one attached hydrogen (secondary N) is 1. The Bertz CT molecular complexity index is 385. The van der Waals surface area contributed by atoms with Crippen molar-refractivity contribution < 1.29 is 9.53 Å². The molecule has 1 amide bonds. The van der Waals surface area contributed by atoms with Gasteiger partial charge in [0.25, 0.3) is 0 Å². The molecule has 0 bridgehead atoms. The van der Waals surface area contributed by atoms with Crippen LogP contribution in [0, 0.1) is 0 Å². The van der Waals surface area contributed by atoms with Gasteiger partial charge in [-0.2, -0.15) is 0 Å². The number of methoxy groups -OCH3 is 1. The Morgan fingerprint density at radius 3 is 2.80 bits per heavy atom. The summed E-state index contributed by atoms with van der Waals surface area (Å²) >= 11 is 0. The monoisotopic (exact) mass is 205 g/mol. The normalized spacial score (nSPS) is 24.3. The minimum atomic E-state index is -0.325. The molecule has 1 aromatic carbocycles. The molecule has 1 aliphatic heterocycles. The quantitative estimate of drug-likeness (QED) is 0.759. The van der Waals surface area contributed by atoms with E-state index in [1.165, 1.54) is 0 Å². The van der Waals surface area contributed by atoms with Gasteiger partial charge in [-0.25, -0.2) is 0 Å². The zero-order valence-corrected chi connectivity index (χ0v) is 9.04. The van der Waals surface area contributed by atoms with Gasteiger partial charge >= 0.3 is 0 Å². The van der Waals surface area contributed by atoms with E-state index in [1.807, 2.05) is 31.2 Å². The molecular weight excluding hydrogens is 190 g/mol. The van der Waals surface area contributed by atoms with Crippen LogP contribution >= 0.6 is 0 Å². The predicted octanol–water partition coefficient (Wildman–Crippen LogP) is 1.47. The largest absolute Gasteiger partial charge is 0.497 e. The van der Waals surface area contributed by atoms with E-state index in [0.717, 1.165) is 24.3 Å². The van der Waals surface area contributed by atoms with Gasteiger partial charge in [-0.3, -0.25) is 4.79 Å². The Hall–Kier alpha value is -1.51. The Kier molecular flexibility index (Phi) is 2.39. The van der Waals surface area contributed by atoms with E-state index in [0.29, 0.717) is 0 Å². The average Bonchev–Trinajstić information content (AvgIpc) is 2.29. The number of carbonyl (C=O) groups excluding carboxylic acids is 1. The molecule has 3 heteroatoms. The zero-order valence-electron chi connectivity index (χ0n) is 9.04. The van der Waals surface area contributed by atoms with Crippen LogP contribution in [0.5, 0.6) is 5.75 Å². The van der Waals surface area contributed by atoms with Crippen LogP contribution < -0.4 is 10.1 Å². The maximum Gasteiger partial charge on any atom is 0.232 e. The number of ether oxygens (including phenoxy) is 1. The Morgan fingerprint density at radius 1 is 1.53 bits per heavy atom. The molecular formula is C12H15NO2. The topological polar surface area (TPSA) is 38.3 Å². The summed E-state index contributed by atoms with van der Waals surface area (Å²) in [5.41, 5.74) is 0.724. The highest BCUT2D eigenvalue weighted by Gasteiger charge is 2.46. The van der Waals surface area contributed by atoms with Gasteiger partial charge in [0.1, 0.15) is 5.75 Å². The molecule has 0 radical (unpaired) electrons. The average molecular weight is 205 g/mol. The van der Waals surface area contributed by atoms with Crippen LogP contribution in [0.3, 0.4) is 0 Å². The number of rotatable bonds is 3. The lowest BCUT2D eigenvalue weighted by atomic mass is 9.72. The van der Waals surface area contributed by atoms with Crippen LogP contribution in [0.25, 0.3) is 0 Å². The summed E-state index contributed by atoms with van der Waals surface area (Å²) in [6.07, 6.45) is 0.825. The molecule has 1 fully saturated rings. The minimum absolute atomic E-state index is 0.123. The number of carbonyl (C=O) groups is 1. The highest BCUT2D eigenvalue weighted by Crippen LogP contribution is 2.34. The molecule has 80 valence electrons. The minimum Gasteiger partial charge on any atom is -0.497 e. The second-order valence-electron chi connectivity index (χ2n) is 3.85. The molecule has 2 rings (SSSR count). The van der Waals surface area contributed by atoms with Gasteiger partial charge in [0.05, 0.1) is 12.5 Å². The summed E-state index contributed by atoms with van der Waals surface area (Å²) in [6, 6.07) is 7.76. The van der Waals surface area contributed by atoms with Crippen LogP contribution in [0.1, 0.15) is 18.9 Å². The molecule has 0 spiro atoms. The van der Waals surface area contributed by atoms with Gasteiger partial charge in [0, 0.05) is 6.54 Å². The van der Waals surface area contributed by atoms with E-state index >= 15 is 0 Å². The Labute approximate surface area is 89.4 Å². The highest BCUT2D eigenvalue weighted by molar-refractivity contribution is 5.94. The molecule has 1 N–H and O–H groups in total. The van der Waals surface area contributed by atoms with Crippen LogP contribution in [-0.2, 0) is 10.2 Å². The number of benzene rings is 1. The summed E-state index contributed by atoms with van der Waals surface area (Å²) < 4.78 is 5.17. The van der Waals surface area contributed by atoms with Gasteiger partial charge in [-0.15, -0.1) is 0 Å². The molecule has 1 aromatic rings. The third-order valence-corrected chi connectivity index (χ3v) is 3.21. The fraction of sp³-hybridized carbons (Fsp3) is 0.417. The van der Waals surface area contributed by atoms with Crippen LogP contribution in [0.4, 0.5) is 0 Å². The summed E-state index contributed by atoms with van der Waals surface area (Å²) in [7, 11) is 1.64. The van der Waals surface area contributed by atoms with Crippen LogP contribution in [0.15, 0.2) is 24.3 Å². The standard InChI is InChI=1S/C12H15NO2/c1-3-12(8-13-11(12)14)9-5-4-6-10(7-9)15-2/h4-7H,3,8H2,1-2H3,(H,13,14). The van der Waals surface area contributed by atoms with Gasteiger partial charge in [0.15, 0.2) is 0 Å². The molecule has 1 atom stereocenters. The SMILES string of the molecule is CCC1(c2cccc(OC)c2)CNC1=O. The van der Waals surface area contributed by atoms with Crippen LogP contribution in [0.2, 0.25) is 0 Å². The van der Waals surface area contributed by atoms with Gasteiger partial charge in [0.2, 0.25) is 5.91 Å². The highest BCUT2D eigenvalue weighted by atomic mass is 16.5. The van der Waals surface area contributed by atoms with E-state index in [-0.39, 0.29) is 11.3 Å². The van der Waals surface area contributed by atoms with Gasteiger partial charge < -0.3 is 10.1 Å². The fourth-order valence-electron chi connectivity index (χ4n) is 2.02. The third-order valence-electron chi connectivity index (χ3n) is 3.21. The van der Waals surface area contributed by atoms with E-state index in [1.54, 1.807) is 7.11 Å². The predicted molar refractivity (Wildman–Crippen MR) is 58.0 cm³/mol. The van der Waals surface area contributed by atoms with Crippen molar-refractivity contribution in [1.29, 1.82) is 0 Å². The summed E-state index contributed by atoms with van der Waals surface area (Å²) in [5, 5.41) is 2.81. The fourth-order valence-corrected chi connectivity index (χ4v) is 2.02. The summed E-state index contributed by atoms with van der Waals surface area (Å²) in [6.45, 7) is 2.77. The smallest absolute Gasteiger partial charge is 0.232 e. The first kappa shape index (κ1) is 10.0. The lowest BCUT2D eigenvalue weighted by Crippen LogP contribution is -2.61. The lowest BCUT2D eigenvalue weighted by molar-refractivity contribution is -0.133. The molecule has 1 aliphatic rings. The van der Waals surface area contributed by atoms with Crippen molar-refractivity contribution in [3.05, 3.63) is 29.8 Å². The lowest BCUT2D eigenvalue weighted by Gasteiger charge is -2.40. The van der Waals surface area contributed by atoms with E-state index in [2.05, 4.69) is 5.32 Å². The second-order valence-corrected chi connectivity index (χ2v) is 3.85. The van der Waals surface area contributed by atoms with Crippen molar-refractivity contribution in [2.45, 2.75) is 18.8 Å². The van der Waals surface area contributed by atoms with Gasteiger partial charge in [-0.05, 0) is 24.1 Å². The third kappa shape index (κ3) is 1.39. The maximum atomic E-state index is 11.6. The first-order chi connectivity index (χ1) is 7.23. The molecule has 1 unspecified atom stereocenters. The number of amides is 1. The Balaban J connectivity index is 2.39. The molecule has 15 heavy (non-hydrogen) atoms. The first-order valence-corrected chi connectivity index (χ1v) is 5.16. The molecule has 0 saturated carbocycles. The van der Waals surface area contributed by atoms with Crippen molar-refractivity contribution in [3.63, 3.8) is 0 Å². The van der Waals surface area contributed by atoms with E-state index in [4.69, 9.17) is 4.74 Å². The molecule has 3 nitrogen and oxygen atoms in total. The second kappa shape index (κ2) is 3.57.